The molecule has 0 atom stereocenters. The van der Waals surface area contributed by atoms with Gasteiger partial charge < -0.3 is 15.0 Å². The van der Waals surface area contributed by atoms with Crippen molar-refractivity contribution in [2.75, 3.05) is 35.9 Å². The Bertz CT molecular complexity index is 684. The average Bonchev–Trinajstić information content (AvgIpc) is 2.40. The number of benzene rings is 1. The SMILES string of the molecule is CN1C(=O)COc2c(NC(=O)CCS(C)(=O)=O)cccc21. The topological polar surface area (TPSA) is 92.8 Å². The number of nitrogens with zero attached hydrogens (tertiary/aromatic N) is 1. The van der Waals surface area contributed by atoms with Crippen molar-refractivity contribution in [1.29, 1.82) is 0 Å². The molecule has 1 aromatic rings. The molecule has 0 aliphatic carbocycles. The molecule has 1 aromatic carbocycles. The summed E-state index contributed by atoms with van der Waals surface area (Å²) in [5.41, 5.74) is 0.984. The van der Waals surface area contributed by atoms with Crippen LogP contribution in [0.2, 0.25) is 0 Å². The average molecular weight is 312 g/mol. The third-order valence-electron chi connectivity index (χ3n) is 3.04. The molecule has 8 heteroatoms. The summed E-state index contributed by atoms with van der Waals surface area (Å²) in [6.45, 7) is -0.0975. The number of carbonyl (C=O) groups is 2. The lowest BCUT2D eigenvalue weighted by atomic mass is 10.2. The first-order valence-corrected chi connectivity index (χ1v) is 8.34. The van der Waals surface area contributed by atoms with Crippen molar-refractivity contribution in [1.82, 2.24) is 0 Å². The first-order valence-electron chi connectivity index (χ1n) is 6.28. The molecule has 0 bridgehead atoms. The Morgan fingerprint density at radius 3 is 2.81 bits per heavy atom. The van der Waals surface area contributed by atoms with Crippen LogP contribution < -0.4 is 15.0 Å². The van der Waals surface area contributed by atoms with Crippen LogP contribution >= 0.6 is 0 Å². The Morgan fingerprint density at radius 1 is 1.43 bits per heavy atom. The summed E-state index contributed by atoms with van der Waals surface area (Å²) in [6.07, 6.45) is 0.950. The number of hydrogen-bond acceptors (Lipinski definition) is 5. The minimum atomic E-state index is -3.19. The molecule has 0 radical (unpaired) electrons. The van der Waals surface area contributed by atoms with Crippen LogP contribution in [-0.2, 0) is 19.4 Å². The maximum atomic E-state index is 11.8. The predicted molar refractivity (Wildman–Crippen MR) is 78.3 cm³/mol. The van der Waals surface area contributed by atoms with E-state index in [1.54, 1.807) is 25.2 Å². The molecule has 1 aliphatic rings. The second-order valence-electron chi connectivity index (χ2n) is 4.82. The van der Waals surface area contributed by atoms with Crippen molar-refractivity contribution in [3.8, 4) is 5.75 Å². The zero-order valence-corrected chi connectivity index (χ0v) is 12.6. The Hall–Kier alpha value is -2.09. The maximum Gasteiger partial charge on any atom is 0.264 e. The predicted octanol–water partition coefficient (Wildman–Crippen LogP) is 0.415. The molecule has 0 unspecified atom stereocenters. The van der Waals surface area contributed by atoms with Crippen molar-refractivity contribution in [2.45, 2.75) is 6.42 Å². The largest absolute Gasteiger partial charge is 0.479 e. The maximum absolute atomic E-state index is 11.8. The number of nitrogens with one attached hydrogen (secondary N) is 1. The highest BCUT2D eigenvalue weighted by molar-refractivity contribution is 7.90. The number of anilines is 2. The monoisotopic (exact) mass is 312 g/mol. The smallest absolute Gasteiger partial charge is 0.264 e. The van der Waals surface area contributed by atoms with E-state index in [0.717, 1.165) is 6.26 Å². The van der Waals surface area contributed by atoms with Gasteiger partial charge in [0.05, 0.1) is 17.1 Å². The highest BCUT2D eigenvalue weighted by atomic mass is 32.2. The molecular weight excluding hydrogens is 296 g/mol. The van der Waals surface area contributed by atoms with E-state index >= 15 is 0 Å². The Labute approximate surface area is 122 Å². The number of fused-ring (bicyclic) bond motifs is 1. The van der Waals surface area contributed by atoms with Crippen LogP contribution in [-0.4, -0.2) is 45.9 Å². The van der Waals surface area contributed by atoms with E-state index in [1.807, 2.05) is 0 Å². The molecule has 7 nitrogen and oxygen atoms in total. The molecule has 0 aromatic heterocycles. The van der Waals surface area contributed by atoms with Gasteiger partial charge >= 0.3 is 0 Å². The lowest BCUT2D eigenvalue weighted by Gasteiger charge is -2.27. The lowest BCUT2D eigenvalue weighted by molar-refractivity contribution is -0.121. The van der Waals surface area contributed by atoms with Gasteiger partial charge in [-0.25, -0.2) is 8.42 Å². The van der Waals surface area contributed by atoms with E-state index in [-0.39, 0.29) is 24.7 Å². The quantitative estimate of drug-likeness (QED) is 0.869. The van der Waals surface area contributed by atoms with Crippen LogP contribution in [0.15, 0.2) is 18.2 Å². The molecule has 2 rings (SSSR count). The normalized spacial score (nSPS) is 14.4. The molecule has 1 aliphatic heterocycles. The standard InChI is InChI=1S/C13H16N2O5S/c1-15-10-5-3-4-9(13(10)20-8-12(15)17)14-11(16)6-7-21(2,18)19/h3-5H,6-8H2,1-2H3,(H,14,16). The van der Waals surface area contributed by atoms with Crippen LogP contribution in [0.1, 0.15) is 6.42 Å². The minimum absolute atomic E-state index is 0.0975. The van der Waals surface area contributed by atoms with Gasteiger partial charge in [-0.15, -0.1) is 0 Å². The molecule has 0 saturated carbocycles. The van der Waals surface area contributed by atoms with E-state index in [0.29, 0.717) is 17.1 Å². The molecule has 0 fully saturated rings. The van der Waals surface area contributed by atoms with E-state index < -0.39 is 15.7 Å². The number of para-hydroxylation sites is 1. The molecule has 1 N–H and O–H groups in total. The Kier molecular flexibility index (Phi) is 4.17. The van der Waals surface area contributed by atoms with Crippen LogP contribution in [0, 0.1) is 0 Å². The first kappa shape index (κ1) is 15.3. The number of sulfone groups is 1. The molecule has 21 heavy (non-hydrogen) atoms. The van der Waals surface area contributed by atoms with E-state index in [4.69, 9.17) is 4.74 Å². The fourth-order valence-corrected chi connectivity index (χ4v) is 2.45. The van der Waals surface area contributed by atoms with Gasteiger partial charge in [0.15, 0.2) is 12.4 Å². The summed E-state index contributed by atoms with van der Waals surface area (Å²) in [5, 5.41) is 2.61. The van der Waals surface area contributed by atoms with Gasteiger partial charge in [-0.2, -0.15) is 0 Å². The van der Waals surface area contributed by atoms with Crippen molar-refractivity contribution in [3.05, 3.63) is 18.2 Å². The van der Waals surface area contributed by atoms with Gasteiger partial charge in [-0.05, 0) is 12.1 Å². The molecule has 1 heterocycles. The number of ether oxygens (including phenoxy) is 1. The third-order valence-corrected chi connectivity index (χ3v) is 3.99. The van der Waals surface area contributed by atoms with Gasteiger partial charge in [-0.3, -0.25) is 9.59 Å². The summed E-state index contributed by atoms with van der Waals surface area (Å²) in [5.74, 6) is -0.403. The van der Waals surface area contributed by atoms with Gasteiger partial charge in [0.1, 0.15) is 9.84 Å². The second-order valence-corrected chi connectivity index (χ2v) is 7.08. The summed E-state index contributed by atoms with van der Waals surface area (Å²) in [6, 6.07) is 5.03. The minimum Gasteiger partial charge on any atom is -0.479 e. The van der Waals surface area contributed by atoms with E-state index in [1.165, 1.54) is 4.90 Å². The zero-order valence-electron chi connectivity index (χ0n) is 11.8. The van der Waals surface area contributed by atoms with Crippen molar-refractivity contribution >= 4 is 33.0 Å². The van der Waals surface area contributed by atoms with Crippen molar-refractivity contribution in [3.63, 3.8) is 0 Å². The van der Waals surface area contributed by atoms with Gasteiger partial charge in [0.25, 0.3) is 5.91 Å². The fraction of sp³-hybridized carbons (Fsp3) is 0.385. The first-order chi connectivity index (χ1) is 9.78. The summed E-state index contributed by atoms with van der Waals surface area (Å²) in [4.78, 5) is 24.8. The molecule has 2 amide bonds. The zero-order chi connectivity index (χ0) is 15.6. The van der Waals surface area contributed by atoms with Crippen LogP contribution in [0.3, 0.4) is 0 Å². The molecule has 0 saturated heterocycles. The van der Waals surface area contributed by atoms with E-state index in [2.05, 4.69) is 5.32 Å². The lowest BCUT2D eigenvalue weighted by Crippen LogP contribution is -2.35. The highest BCUT2D eigenvalue weighted by Gasteiger charge is 2.25. The van der Waals surface area contributed by atoms with E-state index in [9.17, 15) is 18.0 Å². The summed E-state index contributed by atoms with van der Waals surface area (Å²) >= 11 is 0. The number of likely N-dealkylation sites (N-methyl/N-ethyl adjacent to an activating group) is 1. The fourth-order valence-electron chi connectivity index (χ4n) is 1.89. The second kappa shape index (κ2) is 5.72. The van der Waals surface area contributed by atoms with Crippen molar-refractivity contribution < 1.29 is 22.7 Å². The number of amides is 2. The number of hydrogen-bond donors (Lipinski definition) is 1. The molecular formula is C13H16N2O5S. The molecule has 114 valence electrons. The van der Waals surface area contributed by atoms with Gasteiger partial charge in [0.2, 0.25) is 5.91 Å². The molecule has 0 spiro atoms. The number of carbonyl (C=O) groups excluding carboxylic acids is 2. The highest BCUT2D eigenvalue weighted by Crippen LogP contribution is 2.37. The van der Waals surface area contributed by atoms with Crippen LogP contribution in [0.5, 0.6) is 5.75 Å². The summed E-state index contributed by atoms with van der Waals surface area (Å²) in [7, 11) is -1.57. The van der Waals surface area contributed by atoms with Crippen LogP contribution in [0.25, 0.3) is 0 Å². The van der Waals surface area contributed by atoms with Crippen molar-refractivity contribution in [2.24, 2.45) is 0 Å². The Balaban J connectivity index is 2.15. The van der Waals surface area contributed by atoms with Crippen LogP contribution in [0.4, 0.5) is 11.4 Å². The number of rotatable bonds is 4. The van der Waals surface area contributed by atoms with Gasteiger partial charge in [-0.1, -0.05) is 6.07 Å². The van der Waals surface area contributed by atoms with Gasteiger partial charge in [0, 0.05) is 19.7 Å². The Morgan fingerprint density at radius 2 is 2.14 bits per heavy atom. The summed E-state index contributed by atoms with van der Waals surface area (Å²) < 4.78 is 27.5. The third kappa shape index (κ3) is 3.72.